The Hall–Kier alpha value is -4.28. The van der Waals surface area contributed by atoms with Gasteiger partial charge in [0.25, 0.3) is 0 Å². The Morgan fingerprint density at radius 2 is 1.76 bits per heavy atom. The zero-order valence-corrected chi connectivity index (χ0v) is 29.2. The summed E-state index contributed by atoms with van der Waals surface area (Å²) in [6, 6.07) is 4.31. The van der Waals surface area contributed by atoms with Crippen LogP contribution in [0, 0.1) is 0 Å². The van der Waals surface area contributed by atoms with Crippen LogP contribution in [-0.2, 0) is 19.1 Å². The number of allylic oxidation sites excluding steroid dienone is 9. The van der Waals surface area contributed by atoms with Crippen LogP contribution >= 0.6 is 23.2 Å². The largest absolute Gasteiger partial charge is 0.501 e. The summed E-state index contributed by atoms with van der Waals surface area (Å²) in [4.78, 5) is 28.3. The van der Waals surface area contributed by atoms with E-state index in [1.54, 1.807) is 41.4 Å². The van der Waals surface area contributed by atoms with Crippen LogP contribution in [0.5, 0.6) is 0 Å². The number of nitrogens with two attached hydrogens (primary N) is 2. The normalized spacial score (nSPS) is 12.8. The number of nitrogens with one attached hydrogen (secondary N) is 1. The number of methoxy groups -OCH3 is 1. The summed E-state index contributed by atoms with van der Waals surface area (Å²) in [5.74, 6) is -0.948. The van der Waals surface area contributed by atoms with E-state index in [4.69, 9.17) is 44.1 Å². The number of halogens is 2. The second-order valence-corrected chi connectivity index (χ2v) is 10.7. The summed E-state index contributed by atoms with van der Waals surface area (Å²) in [5, 5.41) is 10.00. The minimum atomic E-state index is -0.809. The molecule has 0 radical (unpaired) electrons. The second-order valence-electron chi connectivity index (χ2n) is 9.85. The molecule has 0 spiro atoms. The van der Waals surface area contributed by atoms with Crippen LogP contribution in [0.4, 0.5) is 0 Å². The number of hydrogen-bond acceptors (Lipinski definition) is 7. The fraction of sp³-hybridized carbons (Fsp3) is 0.353. The van der Waals surface area contributed by atoms with Crippen LogP contribution in [0.2, 0.25) is 10.0 Å². The molecule has 0 aliphatic heterocycles. The van der Waals surface area contributed by atoms with Crippen LogP contribution in [0.25, 0.3) is 0 Å². The number of aliphatic imine (C=N–C) groups is 1. The van der Waals surface area contributed by atoms with Gasteiger partial charge in [0.15, 0.2) is 5.96 Å². The Morgan fingerprint density at radius 1 is 1.11 bits per heavy atom. The summed E-state index contributed by atoms with van der Waals surface area (Å²) in [6.07, 6.45) is 13.4. The SMILES string of the molecule is C/C=C(C)/C=C(\C)N(C)/N=C(\C=C\OCCC(=O)N[C@@H](CCCN=C(N)N)C(=O)OC)c1cc(Cl)cc(Cl)c1.C=C/C=C(\C)C=C. The van der Waals surface area contributed by atoms with Gasteiger partial charge in [-0.1, -0.05) is 71.8 Å². The van der Waals surface area contributed by atoms with Crippen molar-refractivity contribution < 1.29 is 19.1 Å². The van der Waals surface area contributed by atoms with E-state index in [1.165, 1.54) is 13.4 Å². The van der Waals surface area contributed by atoms with Crippen molar-refractivity contribution in [3.05, 3.63) is 107 Å². The fourth-order valence-corrected chi connectivity index (χ4v) is 3.91. The predicted molar refractivity (Wildman–Crippen MR) is 192 cm³/mol. The molecule has 252 valence electrons. The maximum atomic E-state index is 12.4. The molecule has 5 N–H and O–H groups in total. The van der Waals surface area contributed by atoms with Gasteiger partial charge in [0.2, 0.25) is 5.91 Å². The third-order valence-electron chi connectivity index (χ3n) is 6.06. The van der Waals surface area contributed by atoms with E-state index in [-0.39, 0.29) is 24.9 Å². The van der Waals surface area contributed by atoms with Crippen molar-refractivity contribution in [3.8, 4) is 0 Å². The molecule has 46 heavy (non-hydrogen) atoms. The Morgan fingerprint density at radius 3 is 2.28 bits per heavy atom. The molecule has 1 rings (SSSR count). The lowest BCUT2D eigenvalue weighted by molar-refractivity contribution is -0.145. The molecular weight excluding hydrogens is 627 g/mol. The standard InChI is InChI=1S/C27H38Cl2N6O4.C7H10/c1-6-18(2)14-19(3)35(4)34-23(20-15-21(28)17-22(29)16-20)9-12-39-13-10-25(36)33-24(26(37)38-5)8-7-11-32-27(30)31;1-4-6-7(3)5-2/h6,9,12,14-17,24H,7-8,10-11,13H2,1-5H3,(H,33,36)(H4,30,31,32);4-6H,1-2H2,3H3/b12-9+,18-6+,19-14+,34-23+;7-6+/t24-;/m0./s1. The van der Waals surface area contributed by atoms with Crippen molar-refractivity contribution in [2.75, 3.05) is 27.3 Å². The molecule has 1 aromatic rings. The smallest absolute Gasteiger partial charge is 0.328 e. The average molecular weight is 676 g/mol. The van der Waals surface area contributed by atoms with Crippen LogP contribution in [0.1, 0.15) is 52.5 Å². The summed E-state index contributed by atoms with van der Waals surface area (Å²) < 4.78 is 10.3. The predicted octanol–water partition coefficient (Wildman–Crippen LogP) is 6.44. The van der Waals surface area contributed by atoms with Crippen molar-refractivity contribution in [2.24, 2.45) is 21.6 Å². The van der Waals surface area contributed by atoms with E-state index < -0.39 is 12.0 Å². The molecule has 0 saturated heterocycles. The number of nitrogens with zero attached hydrogens (tertiary/aromatic N) is 3. The van der Waals surface area contributed by atoms with Crippen molar-refractivity contribution in [1.29, 1.82) is 0 Å². The lowest BCUT2D eigenvalue weighted by atomic mass is 10.1. The molecule has 1 amide bonds. The number of amides is 1. The van der Waals surface area contributed by atoms with Crippen LogP contribution in [0.3, 0.4) is 0 Å². The van der Waals surface area contributed by atoms with Crippen molar-refractivity contribution in [3.63, 3.8) is 0 Å². The minimum Gasteiger partial charge on any atom is -0.501 e. The molecule has 0 fully saturated rings. The Bertz CT molecular complexity index is 1320. The Labute approximate surface area is 283 Å². The number of guanidine groups is 1. The lowest BCUT2D eigenvalue weighted by Gasteiger charge is -2.16. The first-order chi connectivity index (χ1) is 21.8. The summed E-state index contributed by atoms with van der Waals surface area (Å²) in [5.41, 5.74) is 15.0. The molecule has 1 aromatic carbocycles. The van der Waals surface area contributed by atoms with Gasteiger partial charge in [0.1, 0.15) is 6.04 Å². The maximum absolute atomic E-state index is 12.4. The molecular formula is C34H48Cl2N6O4. The van der Waals surface area contributed by atoms with Gasteiger partial charge in [-0.05, 0) is 64.8 Å². The number of hydrogen-bond donors (Lipinski definition) is 3. The fourth-order valence-electron chi connectivity index (χ4n) is 3.38. The third kappa shape index (κ3) is 19.2. The van der Waals surface area contributed by atoms with E-state index in [9.17, 15) is 9.59 Å². The first-order valence-electron chi connectivity index (χ1n) is 14.5. The highest BCUT2D eigenvalue weighted by Crippen LogP contribution is 2.21. The molecule has 0 bridgehead atoms. The second kappa shape index (κ2) is 24.0. The summed E-state index contributed by atoms with van der Waals surface area (Å²) >= 11 is 12.4. The van der Waals surface area contributed by atoms with E-state index in [2.05, 4.69) is 28.6 Å². The van der Waals surface area contributed by atoms with Gasteiger partial charge >= 0.3 is 5.97 Å². The summed E-state index contributed by atoms with van der Waals surface area (Å²) in [6.45, 7) is 15.4. The molecule has 1 atom stereocenters. The van der Waals surface area contributed by atoms with Crippen molar-refractivity contribution in [1.82, 2.24) is 10.3 Å². The maximum Gasteiger partial charge on any atom is 0.328 e. The molecule has 0 heterocycles. The molecule has 0 aromatic heterocycles. The number of carbonyl (C=O) groups is 2. The van der Waals surface area contributed by atoms with Gasteiger partial charge in [-0.25, -0.2) is 4.79 Å². The van der Waals surface area contributed by atoms with Crippen LogP contribution in [0.15, 0.2) is 101 Å². The quantitative estimate of drug-likeness (QED) is 0.0328. The van der Waals surface area contributed by atoms with E-state index >= 15 is 0 Å². The highest BCUT2D eigenvalue weighted by molar-refractivity contribution is 6.35. The zero-order chi connectivity index (χ0) is 35.1. The van der Waals surface area contributed by atoms with E-state index in [1.807, 2.05) is 53.0 Å². The topological polar surface area (TPSA) is 145 Å². The van der Waals surface area contributed by atoms with Crippen LogP contribution in [-0.4, -0.2) is 61.9 Å². The van der Waals surface area contributed by atoms with Gasteiger partial charge in [0.05, 0.1) is 32.1 Å². The molecule has 0 saturated carbocycles. The third-order valence-corrected chi connectivity index (χ3v) is 6.49. The minimum absolute atomic E-state index is 0.0194. The van der Waals surface area contributed by atoms with Gasteiger partial charge in [-0.3, -0.25) is 14.8 Å². The highest BCUT2D eigenvalue weighted by Gasteiger charge is 2.20. The van der Waals surface area contributed by atoms with Crippen molar-refractivity contribution >= 4 is 46.7 Å². The number of ether oxygens (including phenoxy) is 2. The number of benzene rings is 1. The average Bonchev–Trinajstić information content (AvgIpc) is 3.00. The summed E-state index contributed by atoms with van der Waals surface area (Å²) in [7, 11) is 3.09. The zero-order valence-electron chi connectivity index (χ0n) is 27.7. The molecule has 0 aliphatic rings. The van der Waals surface area contributed by atoms with Crippen LogP contribution < -0.4 is 16.8 Å². The van der Waals surface area contributed by atoms with Crippen molar-refractivity contribution in [2.45, 2.75) is 53.0 Å². The number of rotatable bonds is 17. The Balaban J connectivity index is 0.00000258. The first kappa shape index (κ1) is 41.7. The van der Waals surface area contributed by atoms with Gasteiger partial charge in [-0.2, -0.15) is 5.10 Å². The first-order valence-corrected chi connectivity index (χ1v) is 15.3. The molecule has 12 heteroatoms. The highest BCUT2D eigenvalue weighted by atomic mass is 35.5. The number of esters is 1. The number of hydrazone groups is 1. The monoisotopic (exact) mass is 674 g/mol. The molecule has 10 nitrogen and oxygen atoms in total. The van der Waals surface area contributed by atoms with Gasteiger partial charge in [-0.15, -0.1) is 0 Å². The van der Waals surface area contributed by atoms with Gasteiger partial charge in [0, 0.05) is 41.0 Å². The Kier molecular flexibility index (Phi) is 21.8. The van der Waals surface area contributed by atoms with E-state index in [0.29, 0.717) is 40.7 Å². The molecule has 0 unspecified atom stereocenters. The van der Waals surface area contributed by atoms with Gasteiger partial charge < -0.3 is 26.3 Å². The van der Waals surface area contributed by atoms with E-state index in [0.717, 1.165) is 16.8 Å². The molecule has 0 aliphatic carbocycles. The lowest BCUT2D eigenvalue weighted by Crippen LogP contribution is -2.41. The number of carbonyl (C=O) groups excluding carboxylic acids is 2.